The van der Waals surface area contributed by atoms with Crippen LogP contribution in [-0.2, 0) is 4.74 Å². The molecule has 5 heteroatoms. The topological polar surface area (TPSA) is 29.5 Å². The summed E-state index contributed by atoms with van der Waals surface area (Å²) in [5.74, 6) is 0. The predicted molar refractivity (Wildman–Crippen MR) is 79.3 cm³/mol. The summed E-state index contributed by atoms with van der Waals surface area (Å²) in [6.45, 7) is 0.710. The lowest BCUT2D eigenvalue weighted by atomic mass is 10.0. The molecule has 0 radical (unpaired) electrons. The summed E-state index contributed by atoms with van der Waals surface area (Å²) in [6, 6.07) is 0. The first-order valence-electron chi connectivity index (χ1n) is 8.28. The number of hydrogen-bond donors (Lipinski definition) is 1. The fourth-order valence-electron chi connectivity index (χ4n) is 2.26. The van der Waals surface area contributed by atoms with E-state index in [9.17, 15) is 18.3 Å². The molecule has 0 spiro atoms. The van der Waals surface area contributed by atoms with Gasteiger partial charge in [-0.25, -0.2) is 0 Å². The van der Waals surface area contributed by atoms with Gasteiger partial charge in [0, 0.05) is 0 Å². The Morgan fingerprint density at radius 2 is 1.33 bits per heavy atom. The molecular weight excluding hydrogens is 281 g/mol. The maximum Gasteiger partial charge on any atom is 0.411 e. The van der Waals surface area contributed by atoms with E-state index in [4.69, 9.17) is 0 Å². The van der Waals surface area contributed by atoms with Gasteiger partial charge < -0.3 is 9.84 Å². The number of aliphatic hydroxyl groups excluding tert-OH is 1. The zero-order valence-corrected chi connectivity index (χ0v) is 13.3. The molecule has 0 fully saturated rings. The SMILES string of the molecule is CCCCCCCCCCCCC(O)COCC(F)(F)F. The van der Waals surface area contributed by atoms with Crippen molar-refractivity contribution < 1.29 is 23.0 Å². The fourth-order valence-corrected chi connectivity index (χ4v) is 2.26. The van der Waals surface area contributed by atoms with Crippen molar-refractivity contribution in [1.82, 2.24) is 0 Å². The molecule has 0 aliphatic rings. The fraction of sp³-hybridized carbons (Fsp3) is 1.00. The zero-order chi connectivity index (χ0) is 16.0. The molecular formula is C16H31F3O2. The third kappa shape index (κ3) is 17.7. The summed E-state index contributed by atoms with van der Waals surface area (Å²) >= 11 is 0. The Morgan fingerprint density at radius 3 is 1.81 bits per heavy atom. The van der Waals surface area contributed by atoms with E-state index >= 15 is 0 Å². The molecule has 0 rings (SSSR count). The first-order chi connectivity index (χ1) is 9.95. The van der Waals surface area contributed by atoms with Gasteiger partial charge in [0.2, 0.25) is 0 Å². The number of rotatable bonds is 14. The van der Waals surface area contributed by atoms with E-state index in [-0.39, 0.29) is 6.61 Å². The smallest absolute Gasteiger partial charge is 0.391 e. The van der Waals surface area contributed by atoms with Crippen molar-refractivity contribution in [1.29, 1.82) is 0 Å². The van der Waals surface area contributed by atoms with Gasteiger partial charge in [-0.3, -0.25) is 0 Å². The van der Waals surface area contributed by atoms with Crippen LogP contribution in [0.2, 0.25) is 0 Å². The van der Waals surface area contributed by atoms with Gasteiger partial charge in [-0.2, -0.15) is 13.2 Å². The number of hydrogen-bond acceptors (Lipinski definition) is 2. The maximum absolute atomic E-state index is 11.8. The second-order valence-electron chi connectivity index (χ2n) is 5.75. The van der Waals surface area contributed by atoms with E-state index in [0.717, 1.165) is 19.3 Å². The lowest BCUT2D eigenvalue weighted by Gasteiger charge is -2.12. The van der Waals surface area contributed by atoms with Crippen molar-refractivity contribution in [2.45, 2.75) is 89.8 Å². The molecule has 0 aromatic heterocycles. The standard InChI is InChI=1S/C16H31F3O2/c1-2-3-4-5-6-7-8-9-10-11-12-15(20)13-21-14-16(17,18)19/h15,20H,2-14H2,1H3. The van der Waals surface area contributed by atoms with Crippen LogP contribution in [0.3, 0.4) is 0 Å². The molecule has 2 nitrogen and oxygen atoms in total. The number of aliphatic hydroxyl groups is 1. The first kappa shape index (κ1) is 20.7. The van der Waals surface area contributed by atoms with Crippen LogP contribution in [-0.4, -0.2) is 30.6 Å². The Kier molecular flexibility index (Phi) is 13.2. The van der Waals surface area contributed by atoms with E-state index in [0.29, 0.717) is 6.42 Å². The van der Waals surface area contributed by atoms with Gasteiger partial charge in [0.05, 0.1) is 12.7 Å². The van der Waals surface area contributed by atoms with E-state index in [1.807, 2.05) is 0 Å². The van der Waals surface area contributed by atoms with Gasteiger partial charge in [0.15, 0.2) is 0 Å². The van der Waals surface area contributed by atoms with Gasteiger partial charge in [0.1, 0.15) is 6.61 Å². The Labute approximate surface area is 127 Å². The van der Waals surface area contributed by atoms with E-state index < -0.39 is 18.9 Å². The third-order valence-corrected chi connectivity index (χ3v) is 3.47. The summed E-state index contributed by atoms with van der Waals surface area (Å²) in [5, 5.41) is 9.48. The van der Waals surface area contributed by atoms with Crippen molar-refractivity contribution in [3.8, 4) is 0 Å². The number of halogens is 3. The monoisotopic (exact) mass is 312 g/mol. The average molecular weight is 312 g/mol. The van der Waals surface area contributed by atoms with Crippen LogP contribution in [0.4, 0.5) is 13.2 Å². The highest BCUT2D eigenvalue weighted by Crippen LogP contribution is 2.15. The largest absolute Gasteiger partial charge is 0.411 e. The van der Waals surface area contributed by atoms with E-state index in [2.05, 4.69) is 11.7 Å². The molecule has 128 valence electrons. The van der Waals surface area contributed by atoms with E-state index in [1.54, 1.807) is 0 Å². The predicted octanol–water partition coefficient (Wildman–Crippen LogP) is 5.24. The summed E-state index contributed by atoms with van der Waals surface area (Å²) in [6.07, 6.45) is 7.50. The molecule has 0 aliphatic heterocycles. The maximum atomic E-state index is 11.8. The van der Waals surface area contributed by atoms with Crippen LogP contribution >= 0.6 is 0 Å². The lowest BCUT2D eigenvalue weighted by Crippen LogP contribution is -2.22. The highest BCUT2D eigenvalue weighted by Gasteiger charge is 2.27. The highest BCUT2D eigenvalue weighted by molar-refractivity contribution is 4.56. The Bertz CT molecular complexity index is 220. The van der Waals surface area contributed by atoms with Crippen molar-refractivity contribution in [3.63, 3.8) is 0 Å². The Morgan fingerprint density at radius 1 is 0.857 bits per heavy atom. The lowest BCUT2D eigenvalue weighted by molar-refractivity contribution is -0.179. The molecule has 0 amide bonds. The normalized spacial score (nSPS) is 13.6. The number of alkyl halides is 3. The molecule has 0 heterocycles. The van der Waals surface area contributed by atoms with Gasteiger partial charge in [-0.05, 0) is 6.42 Å². The third-order valence-electron chi connectivity index (χ3n) is 3.47. The van der Waals surface area contributed by atoms with Crippen LogP contribution in [0.1, 0.15) is 77.6 Å². The zero-order valence-electron chi connectivity index (χ0n) is 13.3. The minimum Gasteiger partial charge on any atom is -0.391 e. The Hall–Kier alpha value is -0.290. The van der Waals surface area contributed by atoms with Gasteiger partial charge in [0.25, 0.3) is 0 Å². The second kappa shape index (κ2) is 13.4. The van der Waals surface area contributed by atoms with Crippen molar-refractivity contribution in [2.24, 2.45) is 0 Å². The minimum atomic E-state index is -4.31. The van der Waals surface area contributed by atoms with Crippen molar-refractivity contribution in [2.75, 3.05) is 13.2 Å². The summed E-state index contributed by atoms with van der Waals surface area (Å²) in [7, 11) is 0. The van der Waals surface area contributed by atoms with Crippen LogP contribution < -0.4 is 0 Å². The molecule has 0 bridgehead atoms. The van der Waals surface area contributed by atoms with Crippen LogP contribution in [0.5, 0.6) is 0 Å². The summed E-state index contributed by atoms with van der Waals surface area (Å²) < 4.78 is 39.9. The molecule has 21 heavy (non-hydrogen) atoms. The second-order valence-corrected chi connectivity index (χ2v) is 5.75. The average Bonchev–Trinajstić information content (AvgIpc) is 2.39. The Balaban J connectivity index is 3.20. The molecule has 1 atom stereocenters. The summed E-state index contributed by atoms with van der Waals surface area (Å²) in [4.78, 5) is 0. The minimum absolute atomic E-state index is 0.225. The van der Waals surface area contributed by atoms with Gasteiger partial charge in [-0.1, -0.05) is 71.1 Å². The van der Waals surface area contributed by atoms with Crippen LogP contribution in [0.15, 0.2) is 0 Å². The molecule has 0 aromatic carbocycles. The molecule has 0 saturated heterocycles. The quantitative estimate of drug-likeness (QED) is 0.445. The van der Waals surface area contributed by atoms with E-state index in [1.165, 1.54) is 44.9 Å². The van der Waals surface area contributed by atoms with Gasteiger partial charge >= 0.3 is 6.18 Å². The number of ether oxygens (including phenoxy) is 1. The molecule has 0 aromatic rings. The molecule has 0 saturated carbocycles. The van der Waals surface area contributed by atoms with Crippen molar-refractivity contribution >= 4 is 0 Å². The van der Waals surface area contributed by atoms with Crippen molar-refractivity contribution in [3.05, 3.63) is 0 Å². The van der Waals surface area contributed by atoms with Crippen LogP contribution in [0.25, 0.3) is 0 Å². The first-order valence-corrected chi connectivity index (χ1v) is 8.28. The van der Waals surface area contributed by atoms with Crippen LogP contribution in [0, 0.1) is 0 Å². The number of unbranched alkanes of at least 4 members (excludes halogenated alkanes) is 9. The highest BCUT2D eigenvalue weighted by atomic mass is 19.4. The van der Waals surface area contributed by atoms with Gasteiger partial charge in [-0.15, -0.1) is 0 Å². The molecule has 0 aliphatic carbocycles. The summed E-state index contributed by atoms with van der Waals surface area (Å²) in [5.41, 5.74) is 0. The molecule has 1 N–H and O–H groups in total. The molecule has 1 unspecified atom stereocenters.